The van der Waals surface area contributed by atoms with Gasteiger partial charge >= 0.3 is 0 Å². The van der Waals surface area contributed by atoms with Crippen LogP contribution < -0.4 is 10.0 Å². The number of nitrogens with two attached hydrogens (primary N) is 1. The second-order valence-electron chi connectivity index (χ2n) is 3.36. The summed E-state index contributed by atoms with van der Waals surface area (Å²) in [5.74, 6) is 0. The normalized spacial score (nSPS) is 11.2. The van der Waals surface area contributed by atoms with Crippen LogP contribution in [0.3, 0.4) is 0 Å². The van der Waals surface area contributed by atoms with Crippen molar-refractivity contribution in [3.05, 3.63) is 28.2 Å². The molecule has 94 valence electrons. The van der Waals surface area contributed by atoms with Crippen molar-refractivity contribution in [3.63, 3.8) is 0 Å². The molecule has 0 bridgehead atoms. The Labute approximate surface area is 115 Å². The lowest BCUT2D eigenvalue weighted by atomic mass is 10.3. The first-order valence-electron chi connectivity index (χ1n) is 4.42. The lowest BCUT2D eigenvalue weighted by molar-refractivity contribution is 0.599. The first kappa shape index (κ1) is 14.5. The highest BCUT2D eigenvalue weighted by Gasteiger charge is 2.19. The van der Waals surface area contributed by atoms with Gasteiger partial charge in [0.25, 0.3) is 0 Å². The maximum atomic E-state index is 11.6. The van der Waals surface area contributed by atoms with E-state index < -0.39 is 10.0 Å². The fraction of sp³-hybridized carbons (Fsp3) is 0.222. The van der Waals surface area contributed by atoms with E-state index in [1.54, 1.807) is 0 Å². The summed E-state index contributed by atoms with van der Waals surface area (Å²) in [6.45, 7) is -0.0924. The van der Waals surface area contributed by atoms with Crippen LogP contribution in [-0.4, -0.2) is 26.2 Å². The van der Waals surface area contributed by atoms with Crippen LogP contribution in [0.4, 0.5) is 5.69 Å². The molecule has 0 aromatic heterocycles. The lowest BCUT2D eigenvalue weighted by Crippen LogP contribution is -2.37. The average Bonchev–Trinajstić information content (AvgIpc) is 2.10. The van der Waals surface area contributed by atoms with Crippen LogP contribution in [0, 0.1) is 0 Å². The number of nitrogens with zero attached hydrogens (tertiary/aromatic N) is 1. The van der Waals surface area contributed by atoms with E-state index in [1.165, 1.54) is 18.2 Å². The minimum atomic E-state index is -3.50. The minimum absolute atomic E-state index is 0.0616. The third-order valence-corrected chi connectivity index (χ3v) is 3.54. The molecule has 0 aliphatic heterocycles. The molecule has 1 rings (SSSR count). The van der Waals surface area contributed by atoms with Gasteiger partial charge in [-0.15, -0.1) is 0 Å². The van der Waals surface area contributed by atoms with Crippen molar-refractivity contribution in [2.24, 2.45) is 5.73 Å². The summed E-state index contributed by atoms with van der Waals surface area (Å²) in [6, 6.07) is 4.47. The zero-order valence-corrected chi connectivity index (χ0v) is 12.0. The monoisotopic (exact) mass is 312 g/mol. The third-order valence-electron chi connectivity index (χ3n) is 1.84. The summed E-state index contributed by atoms with van der Waals surface area (Å²) in [5, 5.41) is 0.674. The summed E-state index contributed by atoms with van der Waals surface area (Å²) in [4.78, 5) is 0.0616. The molecule has 0 unspecified atom stereocenters. The molecule has 0 radical (unpaired) electrons. The molecule has 0 spiro atoms. The van der Waals surface area contributed by atoms with Gasteiger partial charge in [-0.05, 0) is 18.2 Å². The molecule has 0 amide bonds. The van der Waals surface area contributed by atoms with Crippen LogP contribution in [-0.2, 0) is 10.0 Å². The smallest absolute Gasteiger partial charge is 0.232 e. The van der Waals surface area contributed by atoms with Gasteiger partial charge in [-0.2, -0.15) is 0 Å². The summed E-state index contributed by atoms with van der Waals surface area (Å²) < 4.78 is 24.3. The lowest BCUT2D eigenvalue weighted by Gasteiger charge is -2.22. The Morgan fingerprint density at radius 2 is 1.82 bits per heavy atom. The van der Waals surface area contributed by atoms with Crippen LogP contribution in [0.25, 0.3) is 0 Å². The number of sulfonamides is 1. The number of thiocarbonyl (C=S) groups is 1. The largest absolute Gasteiger partial charge is 0.392 e. The van der Waals surface area contributed by atoms with E-state index in [-0.39, 0.29) is 11.5 Å². The topological polar surface area (TPSA) is 63.4 Å². The first-order chi connectivity index (χ1) is 7.70. The fourth-order valence-corrected chi connectivity index (χ4v) is 2.81. The molecular weight excluding hydrogens is 303 g/mol. The second kappa shape index (κ2) is 5.39. The molecule has 1 aromatic carbocycles. The standard InChI is InChI=1S/C9H10Cl2N2O2S2/c1-17(14,15)13(5-9(12)16)8-3-6(10)2-7(11)4-8/h2-4H,5H2,1H3,(H2,12,16). The Kier molecular flexibility index (Phi) is 4.60. The van der Waals surface area contributed by atoms with Gasteiger partial charge in [0, 0.05) is 10.0 Å². The van der Waals surface area contributed by atoms with Gasteiger partial charge in [0.1, 0.15) is 0 Å². The number of halogens is 2. The summed E-state index contributed by atoms with van der Waals surface area (Å²) in [6.07, 6.45) is 1.06. The molecule has 0 aliphatic rings. The van der Waals surface area contributed by atoms with Gasteiger partial charge < -0.3 is 5.73 Å². The number of anilines is 1. The van der Waals surface area contributed by atoms with Crippen molar-refractivity contribution < 1.29 is 8.42 Å². The van der Waals surface area contributed by atoms with Gasteiger partial charge in [-0.3, -0.25) is 4.31 Å². The molecule has 0 heterocycles. The molecule has 1 aromatic rings. The number of rotatable bonds is 4. The zero-order chi connectivity index (χ0) is 13.2. The number of hydrogen-bond acceptors (Lipinski definition) is 3. The quantitative estimate of drug-likeness (QED) is 0.864. The highest BCUT2D eigenvalue weighted by atomic mass is 35.5. The SMILES string of the molecule is CS(=O)(=O)N(CC(N)=S)c1cc(Cl)cc(Cl)c1. The van der Waals surface area contributed by atoms with Gasteiger partial charge in [0.15, 0.2) is 0 Å². The van der Waals surface area contributed by atoms with Crippen molar-refractivity contribution in [1.29, 1.82) is 0 Å². The van der Waals surface area contributed by atoms with Crippen LogP contribution in [0.2, 0.25) is 10.0 Å². The maximum absolute atomic E-state index is 11.6. The van der Waals surface area contributed by atoms with E-state index in [0.717, 1.165) is 10.6 Å². The molecule has 0 saturated heterocycles. The highest BCUT2D eigenvalue weighted by Crippen LogP contribution is 2.26. The van der Waals surface area contributed by atoms with Gasteiger partial charge in [-0.1, -0.05) is 35.4 Å². The average molecular weight is 313 g/mol. The van der Waals surface area contributed by atoms with Crippen LogP contribution >= 0.6 is 35.4 Å². The molecule has 0 aliphatic carbocycles. The number of hydrogen-bond donors (Lipinski definition) is 1. The molecular formula is C9H10Cl2N2O2S2. The van der Waals surface area contributed by atoms with E-state index >= 15 is 0 Å². The minimum Gasteiger partial charge on any atom is -0.392 e. The fourth-order valence-electron chi connectivity index (χ4n) is 1.22. The molecule has 0 atom stereocenters. The Morgan fingerprint density at radius 3 is 2.18 bits per heavy atom. The summed E-state index contributed by atoms with van der Waals surface area (Å²) in [5.41, 5.74) is 5.69. The van der Waals surface area contributed by atoms with Crippen LogP contribution in [0.5, 0.6) is 0 Å². The summed E-state index contributed by atoms with van der Waals surface area (Å²) >= 11 is 16.3. The van der Waals surface area contributed by atoms with E-state index in [2.05, 4.69) is 0 Å². The Bertz CT molecular complexity index is 526. The van der Waals surface area contributed by atoms with Gasteiger partial charge in [0.2, 0.25) is 10.0 Å². The van der Waals surface area contributed by atoms with Crippen molar-refractivity contribution in [1.82, 2.24) is 0 Å². The molecule has 4 nitrogen and oxygen atoms in total. The molecule has 0 saturated carbocycles. The Morgan fingerprint density at radius 1 is 1.35 bits per heavy atom. The van der Waals surface area contributed by atoms with E-state index in [4.69, 9.17) is 41.2 Å². The predicted octanol–water partition coefficient (Wildman–Crippen LogP) is 2.05. The van der Waals surface area contributed by atoms with Crippen LogP contribution in [0.15, 0.2) is 18.2 Å². The van der Waals surface area contributed by atoms with Gasteiger partial charge in [-0.25, -0.2) is 8.42 Å². The maximum Gasteiger partial charge on any atom is 0.232 e. The van der Waals surface area contributed by atoms with Crippen LogP contribution in [0.1, 0.15) is 0 Å². The molecule has 17 heavy (non-hydrogen) atoms. The van der Waals surface area contributed by atoms with E-state index in [1.807, 2.05) is 0 Å². The second-order valence-corrected chi connectivity index (χ2v) is 6.67. The van der Waals surface area contributed by atoms with Crippen molar-refractivity contribution in [2.75, 3.05) is 17.1 Å². The van der Waals surface area contributed by atoms with Gasteiger partial charge in [0.05, 0.1) is 23.5 Å². The Balaban J connectivity index is 3.27. The summed E-state index contributed by atoms with van der Waals surface area (Å²) in [7, 11) is -3.50. The van der Waals surface area contributed by atoms with E-state index in [0.29, 0.717) is 15.7 Å². The van der Waals surface area contributed by atoms with Crippen molar-refractivity contribution >= 4 is 56.1 Å². The molecule has 2 N–H and O–H groups in total. The highest BCUT2D eigenvalue weighted by molar-refractivity contribution is 7.92. The first-order valence-corrected chi connectivity index (χ1v) is 7.43. The zero-order valence-electron chi connectivity index (χ0n) is 8.85. The number of benzene rings is 1. The van der Waals surface area contributed by atoms with Crippen molar-refractivity contribution in [3.8, 4) is 0 Å². The third kappa shape index (κ3) is 4.31. The predicted molar refractivity (Wildman–Crippen MR) is 75.4 cm³/mol. The molecule has 0 fully saturated rings. The molecule has 8 heteroatoms. The van der Waals surface area contributed by atoms with E-state index in [9.17, 15) is 8.42 Å². The Hall–Kier alpha value is -0.560. The van der Waals surface area contributed by atoms with Crippen molar-refractivity contribution in [2.45, 2.75) is 0 Å².